The summed E-state index contributed by atoms with van der Waals surface area (Å²) in [5.41, 5.74) is 1.33. The predicted molar refractivity (Wildman–Crippen MR) is 87.3 cm³/mol. The van der Waals surface area contributed by atoms with E-state index in [0.717, 1.165) is 10.2 Å². The fraction of sp³-hybridized carbons (Fsp3) is 0.154. The van der Waals surface area contributed by atoms with E-state index in [4.69, 9.17) is 0 Å². The number of carbonyl (C=O) groups is 2. The van der Waals surface area contributed by atoms with Crippen molar-refractivity contribution < 1.29 is 9.59 Å². The van der Waals surface area contributed by atoms with Crippen LogP contribution < -0.4 is 10.6 Å². The molecule has 0 saturated carbocycles. The third kappa shape index (κ3) is 5.60. The van der Waals surface area contributed by atoms with Crippen LogP contribution in [0.2, 0.25) is 0 Å². The van der Waals surface area contributed by atoms with Crippen molar-refractivity contribution in [2.75, 3.05) is 22.1 Å². The standard InChI is InChI=1S/C13H13BrN4O2S/c14-9-2-1-3-10(4-9)17-12(19)7-21-8-13(20)18-11-5-15-16-6-11/h1-6H,7-8H2,(H,15,16)(H,17,19)(H,18,20). The summed E-state index contributed by atoms with van der Waals surface area (Å²) >= 11 is 4.58. The van der Waals surface area contributed by atoms with Gasteiger partial charge in [-0.25, -0.2) is 0 Å². The summed E-state index contributed by atoms with van der Waals surface area (Å²) in [6, 6.07) is 7.34. The molecular weight excluding hydrogens is 356 g/mol. The maximum Gasteiger partial charge on any atom is 0.234 e. The maximum atomic E-state index is 11.7. The highest BCUT2D eigenvalue weighted by Gasteiger charge is 2.07. The minimum absolute atomic E-state index is 0.144. The molecule has 0 saturated heterocycles. The van der Waals surface area contributed by atoms with Gasteiger partial charge in [0.25, 0.3) is 0 Å². The Balaban J connectivity index is 1.68. The average molecular weight is 369 g/mol. The van der Waals surface area contributed by atoms with E-state index in [1.54, 1.807) is 12.3 Å². The molecule has 1 heterocycles. The predicted octanol–water partition coefficient (Wildman–Crippen LogP) is 2.48. The molecule has 2 amide bonds. The lowest BCUT2D eigenvalue weighted by atomic mass is 10.3. The Hall–Kier alpha value is -1.80. The number of halogens is 1. The van der Waals surface area contributed by atoms with Gasteiger partial charge in [-0.05, 0) is 18.2 Å². The SMILES string of the molecule is O=C(CSCC(=O)Nc1cccc(Br)c1)Nc1cn[nH]c1. The molecule has 0 unspecified atom stereocenters. The van der Waals surface area contributed by atoms with Crippen LogP contribution in [0.4, 0.5) is 11.4 Å². The van der Waals surface area contributed by atoms with Crippen LogP contribution in [0.15, 0.2) is 41.1 Å². The van der Waals surface area contributed by atoms with Crippen molar-refractivity contribution in [3.05, 3.63) is 41.1 Å². The van der Waals surface area contributed by atoms with Crippen LogP contribution in [-0.2, 0) is 9.59 Å². The van der Waals surface area contributed by atoms with Gasteiger partial charge in [0.05, 0.1) is 23.4 Å². The normalized spacial score (nSPS) is 10.1. The number of nitrogens with zero attached hydrogens (tertiary/aromatic N) is 1. The van der Waals surface area contributed by atoms with Crippen molar-refractivity contribution in [2.24, 2.45) is 0 Å². The number of hydrogen-bond acceptors (Lipinski definition) is 4. The lowest BCUT2D eigenvalue weighted by Gasteiger charge is -2.05. The molecular formula is C13H13BrN4O2S. The molecule has 0 bridgehead atoms. The highest BCUT2D eigenvalue weighted by Crippen LogP contribution is 2.16. The number of rotatable bonds is 6. The molecule has 0 radical (unpaired) electrons. The molecule has 110 valence electrons. The van der Waals surface area contributed by atoms with Gasteiger partial charge in [-0.15, -0.1) is 11.8 Å². The van der Waals surface area contributed by atoms with E-state index >= 15 is 0 Å². The zero-order valence-corrected chi connectivity index (χ0v) is 13.3. The minimum atomic E-state index is -0.170. The molecule has 1 aromatic heterocycles. The number of aromatic nitrogens is 2. The lowest BCUT2D eigenvalue weighted by Crippen LogP contribution is -2.18. The number of thioether (sulfide) groups is 1. The van der Waals surface area contributed by atoms with Gasteiger partial charge >= 0.3 is 0 Å². The summed E-state index contributed by atoms with van der Waals surface area (Å²) in [4.78, 5) is 23.3. The molecule has 3 N–H and O–H groups in total. The molecule has 21 heavy (non-hydrogen) atoms. The summed E-state index contributed by atoms with van der Waals surface area (Å²) < 4.78 is 0.896. The fourth-order valence-corrected chi connectivity index (χ4v) is 2.53. The maximum absolute atomic E-state index is 11.7. The van der Waals surface area contributed by atoms with E-state index in [2.05, 4.69) is 36.8 Å². The summed E-state index contributed by atoms with van der Waals surface area (Å²) in [6.45, 7) is 0. The van der Waals surface area contributed by atoms with Gasteiger partial charge < -0.3 is 10.6 Å². The van der Waals surface area contributed by atoms with Crippen LogP contribution in [0.1, 0.15) is 0 Å². The third-order valence-corrected chi connectivity index (χ3v) is 3.78. The van der Waals surface area contributed by atoms with E-state index in [0.29, 0.717) is 5.69 Å². The van der Waals surface area contributed by atoms with Gasteiger partial charge in [-0.3, -0.25) is 14.7 Å². The van der Waals surface area contributed by atoms with Crippen LogP contribution >= 0.6 is 27.7 Å². The third-order valence-electron chi connectivity index (χ3n) is 2.36. The first-order valence-electron chi connectivity index (χ1n) is 6.05. The van der Waals surface area contributed by atoms with Gasteiger partial charge in [0.1, 0.15) is 0 Å². The number of H-pyrrole nitrogens is 1. The topological polar surface area (TPSA) is 86.9 Å². The quantitative estimate of drug-likeness (QED) is 0.730. The Morgan fingerprint density at radius 2 is 1.90 bits per heavy atom. The van der Waals surface area contributed by atoms with Crippen LogP contribution in [-0.4, -0.2) is 33.5 Å². The number of anilines is 2. The first kappa shape index (κ1) is 15.6. The van der Waals surface area contributed by atoms with Crippen molar-refractivity contribution in [3.8, 4) is 0 Å². The second kappa shape index (κ2) is 7.84. The Bertz CT molecular complexity index is 618. The molecule has 0 aliphatic heterocycles. The molecule has 2 aromatic rings. The van der Waals surface area contributed by atoms with Crippen molar-refractivity contribution in [1.82, 2.24) is 10.2 Å². The van der Waals surface area contributed by atoms with Gasteiger partial charge in [-0.1, -0.05) is 22.0 Å². The monoisotopic (exact) mass is 368 g/mol. The summed E-state index contributed by atoms with van der Waals surface area (Å²) in [5.74, 6) is 0.105. The Morgan fingerprint density at radius 1 is 1.19 bits per heavy atom. The number of hydrogen-bond donors (Lipinski definition) is 3. The number of benzene rings is 1. The number of amides is 2. The molecule has 2 rings (SSSR count). The van der Waals surface area contributed by atoms with Gasteiger partial charge in [0.15, 0.2) is 0 Å². The van der Waals surface area contributed by atoms with E-state index in [1.165, 1.54) is 18.0 Å². The van der Waals surface area contributed by atoms with Crippen molar-refractivity contribution >= 4 is 50.9 Å². The van der Waals surface area contributed by atoms with E-state index < -0.39 is 0 Å². The molecule has 1 aromatic carbocycles. The Morgan fingerprint density at radius 3 is 2.52 bits per heavy atom. The zero-order valence-electron chi connectivity index (χ0n) is 10.9. The highest BCUT2D eigenvalue weighted by molar-refractivity contribution is 9.10. The Labute approximate surface area is 134 Å². The second-order valence-electron chi connectivity index (χ2n) is 4.09. The van der Waals surface area contributed by atoms with Crippen molar-refractivity contribution in [2.45, 2.75) is 0 Å². The van der Waals surface area contributed by atoms with E-state index in [-0.39, 0.29) is 23.3 Å². The van der Waals surface area contributed by atoms with Crippen LogP contribution in [0.25, 0.3) is 0 Å². The Kier molecular flexibility index (Phi) is 5.82. The lowest BCUT2D eigenvalue weighted by molar-refractivity contribution is -0.114. The zero-order chi connectivity index (χ0) is 15.1. The molecule has 0 aliphatic rings. The molecule has 0 fully saturated rings. The molecule has 0 aliphatic carbocycles. The van der Waals surface area contributed by atoms with Gasteiger partial charge in [0.2, 0.25) is 11.8 Å². The number of nitrogens with one attached hydrogen (secondary N) is 3. The van der Waals surface area contributed by atoms with Gasteiger partial charge in [-0.2, -0.15) is 5.10 Å². The minimum Gasteiger partial charge on any atom is -0.325 e. The largest absolute Gasteiger partial charge is 0.325 e. The fourth-order valence-electron chi connectivity index (χ4n) is 1.52. The van der Waals surface area contributed by atoms with Crippen LogP contribution in [0, 0.1) is 0 Å². The van der Waals surface area contributed by atoms with E-state index in [9.17, 15) is 9.59 Å². The summed E-state index contributed by atoms with van der Waals surface area (Å²) in [6.07, 6.45) is 3.10. The summed E-state index contributed by atoms with van der Waals surface area (Å²) in [7, 11) is 0. The number of carbonyl (C=O) groups excluding carboxylic acids is 2. The first-order chi connectivity index (χ1) is 10.1. The molecule has 0 atom stereocenters. The second-order valence-corrected chi connectivity index (χ2v) is 5.99. The van der Waals surface area contributed by atoms with E-state index in [1.807, 2.05) is 18.2 Å². The van der Waals surface area contributed by atoms with Crippen molar-refractivity contribution in [1.29, 1.82) is 0 Å². The van der Waals surface area contributed by atoms with Crippen LogP contribution in [0.3, 0.4) is 0 Å². The van der Waals surface area contributed by atoms with Gasteiger partial charge in [0, 0.05) is 16.4 Å². The van der Waals surface area contributed by atoms with Crippen LogP contribution in [0.5, 0.6) is 0 Å². The smallest absolute Gasteiger partial charge is 0.234 e. The highest BCUT2D eigenvalue weighted by atomic mass is 79.9. The van der Waals surface area contributed by atoms with Crippen molar-refractivity contribution in [3.63, 3.8) is 0 Å². The molecule has 8 heteroatoms. The molecule has 0 spiro atoms. The summed E-state index contributed by atoms with van der Waals surface area (Å²) in [5, 5.41) is 11.8. The average Bonchev–Trinajstić information content (AvgIpc) is 2.91. The molecule has 6 nitrogen and oxygen atoms in total. The first-order valence-corrected chi connectivity index (χ1v) is 8.00. The number of aromatic amines is 1.